The lowest BCUT2D eigenvalue weighted by atomic mass is 10.1. The van der Waals surface area contributed by atoms with E-state index in [1.165, 1.54) is 16.7 Å². The topological polar surface area (TPSA) is 94.7 Å². The second-order valence-corrected chi connectivity index (χ2v) is 6.57. The van der Waals surface area contributed by atoms with E-state index in [2.05, 4.69) is 20.4 Å². The van der Waals surface area contributed by atoms with Crippen molar-refractivity contribution in [1.82, 2.24) is 24.7 Å². The molecule has 7 nitrogen and oxygen atoms in total. The lowest BCUT2D eigenvalue weighted by molar-refractivity contribution is 0.389. The van der Waals surface area contributed by atoms with Crippen LogP contribution in [-0.2, 0) is 10.0 Å². The lowest BCUT2D eigenvalue weighted by Gasteiger charge is -2.22. The number of aromatic nitrogens is 4. The summed E-state index contributed by atoms with van der Waals surface area (Å²) in [4.78, 5) is 0.205. The Morgan fingerprint density at radius 1 is 1.37 bits per heavy atom. The summed E-state index contributed by atoms with van der Waals surface area (Å²) in [6.45, 7) is 2.45. The zero-order valence-electron chi connectivity index (χ0n) is 10.5. The molecule has 1 aliphatic rings. The quantitative estimate of drug-likeness (QED) is 0.876. The van der Waals surface area contributed by atoms with Crippen molar-refractivity contribution in [2.75, 3.05) is 6.54 Å². The predicted molar refractivity (Wildman–Crippen MR) is 67.8 cm³/mol. The van der Waals surface area contributed by atoms with Gasteiger partial charge in [-0.1, -0.05) is 0 Å². The maximum Gasteiger partial charge on any atom is 0.246 e. The first-order valence-electron chi connectivity index (χ1n) is 6.11. The number of nitrogens with zero attached hydrogens (tertiary/aromatic N) is 3. The Kier molecular flexibility index (Phi) is 2.90. The van der Waals surface area contributed by atoms with E-state index in [0.717, 1.165) is 24.1 Å². The standard InChI is InChI=1S/C11H15N5O2S/c1-8-5-14-15-11(8)10-3-2-4-16(10)19(17,18)9-6-12-13-7-9/h5-7,10H,2-4H2,1H3,(H,12,13)(H,14,15). The number of hydrogen-bond donors (Lipinski definition) is 2. The number of hydrogen-bond acceptors (Lipinski definition) is 4. The fraction of sp³-hybridized carbons (Fsp3) is 0.455. The fourth-order valence-electron chi connectivity index (χ4n) is 2.53. The van der Waals surface area contributed by atoms with E-state index in [-0.39, 0.29) is 10.9 Å². The van der Waals surface area contributed by atoms with Gasteiger partial charge < -0.3 is 0 Å². The zero-order valence-corrected chi connectivity index (χ0v) is 11.3. The number of rotatable bonds is 3. The molecule has 0 spiro atoms. The Bertz CT molecular complexity index is 661. The molecule has 0 saturated carbocycles. The summed E-state index contributed by atoms with van der Waals surface area (Å²) in [6.07, 6.45) is 6.12. The third-order valence-corrected chi connectivity index (χ3v) is 5.36. The van der Waals surface area contributed by atoms with Gasteiger partial charge in [0.15, 0.2) is 0 Å². The predicted octanol–water partition coefficient (Wildman–Crippen LogP) is 0.967. The summed E-state index contributed by atoms with van der Waals surface area (Å²) in [5.41, 5.74) is 1.86. The van der Waals surface area contributed by atoms with E-state index in [4.69, 9.17) is 0 Å². The van der Waals surface area contributed by atoms with Crippen LogP contribution < -0.4 is 0 Å². The van der Waals surface area contributed by atoms with E-state index in [1.807, 2.05) is 6.92 Å². The van der Waals surface area contributed by atoms with Crippen molar-refractivity contribution >= 4 is 10.0 Å². The molecular weight excluding hydrogens is 266 g/mol. The molecule has 19 heavy (non-hydrogen) atoms. The van der Waals surface area contributed by atoms with E-state index in [9.17, 15) is 8.42 Å². The molecule has 2 N–H and O–H groups in total. The summed E-state index contributed by atoms with van der Waals surface area (Å²) in [7, 11) is -3.50. The van der Waals surface area contributed by atoms with Crippen molar-refractivity contribution in [2.45, 2.75) is 30.7 Å². The fourth-order valence-corrected chi connectivity index (χ4v) is 4.10. The molecule has 1 atom stereocenters. The van der Waals surface area contributed by atoms with Crippen molar-refractivity contribution in [3.05, 3.63) is 29.8 Å². The molecule has 1 aliphatic heterocycles. The van der Waals surface area contributed by atoms with Crippen molar-refractivity contribution in [2.24, 2.45) is 0 Å². The van der Waals surface area contributed by atoms with Gasteiger partial charge in [0, 0.05) is 12.7 Å². The normalized spacial score (nSPS) is 21.0. The van der Waals surface area contributed by atoms with Crippen LogP contribution in [-0.4, -0.2) is 39.7 Å². The second-order valence-electron chi connectivity index (χ2n) is 4.67. The Balaban J connectivity index is 1.99. The smallest absolute Gasteiger partial charge is 0.246 e. The number of nitrogens with one attached hydrogen (secondary N) is 2. The van der Waals surface area contributed by atoms with Crippen LogP contribution in [0.4, 0.5) is 0 Å². The van der Waals surface area contributed by atoms with Gasteiger partial charge in [-0.2, -0.15) is 14.5 Å². The first-order chi connectivity index (χ1) is 9.10. The van der Waals surface area contributed by atoms with Crippen LogP contribution in [0.2, 0.25) is 0 Å². The molecule has 0 aliphatic carbocycles. The molecular formula is C11H15N5O2S. The molecule has 102 valence electrons. The van der Waals surface area contributed by atoms with Gasteiger partial charge >= 0.3 is 0 Å². The largest absolute Gasteiger partial charge is 0.284 e. The van der Waals surface area contributed by atoms with Gasteiger partial charge in [-0.25, -0.2) is 8.42 Å². The monoisotopic (exact) mass is 281 g/mol. The molecule has 0 bridgehead atoms. The zero-order chi connectivity index (χ0) is 13.5. The molecule has 0 radical (unpaired) electrons. The molecule has 3 rings (SSSR count). The van der Waals surface area contributed by atoms with Gasteiger partial charge in [-0.05, 0) is 25.3 Å². The van der Waals surface area contributed by atoms with Gasteiger partial charge in [-0.3, -0.25) is 10.2 Å². The molecule has 8 heteroatoms. The van der Waals surface area contributed by atoms with Gasteiger partial charge in [0.1, 0.15) is 4.90 Å². The van der Waals surface area contributed by atoms with Crippen LogP contribution in [0.1, 0.15) is 30.1 Å². The third-order valence-electron chi connectivity index (χ3n) is 3.48. The van der Waals surface area contributed by atoms with E-state index >= 15 is 0 Å². The molecule has 2 aromatic heterocycles. The minimum atomic E-state index is -3.50. The van der Waals surface area contributed by atoms with Gasteiger partial charge in [0.2, 0.25) is 10.0 Å². The van der Waals surface area contributed by atoms with Crippen LogP contribution in [0.25, 0.3) is 0 Å². The van der Waals surface area contributed by atoms with Crippen LogP contribution >= 0.6 is 0 Å². The highest BCUT2D eigenvalue weighted by molar-refractivity contribution is 7.89. The molecule has 1 unspecified atom stereocenters. The van der Waals surface area contributed by atoms with Crippen LogP contribution in [0, 0.1) is 6.92 Å². The van der Waals surface area contributed by atoms with E-state index < -0.39 is 10.0 Å². The highest BCUT2D eigenvalue weighted by atomic mass is 32.2. The molecule has 2 aromatic rings. The summed E-state index contributed by atoms with van der Waals surface area (Å²) >= 11 is 0. The summed E-state index contributed by atoms with van der Waals surface area (Å²) < 4.78 is 26.6. The average Bonchev–Trinajstić information content (AvgIpc) is 3.10. The van der Waals surface area contributed by atoms with Crippen molar-refractivity contribution in [1.29, 1.82) is 0 Å². The number of sulfonamides is 1. The van der Waals surface area contributed by atoms with E-state index in [0.29, 0.717) is 6.54 Å². The second kappa shape index (κ2) is 4.46. The van der Waals surface area contributed by atoms with Gasteiger partial charge in [-0.15, -0.1) is 0 Å². The average molecular weight is 281 g/mol. The summed E-state index contributed by atoms with van der Waals surface area (Å²) in [5, 5.41) is 13.2. The lowest BCUT2D eigenvalue weighted by Crippen LogP contribution is -2.31. The Labute approximate surface area is 111 Å². The van der Waals surface area contributed by atoms with Crippen LogP contribution in [0.15, 0.2) is 23.5 Å². The minimum Gasteiger partial charge on any atom is -0.284 e. The SMILES string of the molecule is Cc1cn[nH]c1C1CCCN1S(=O)(=O)c1cn[nH]c1. The molecule has 1 fully saturated rings. The number of H-pyrrole nitrogens is 2. The molecule has 1 saturated heterocycles. The Morgan fingerprint density at radius 3 is 2.84 bits per heavy atom. The third kappa shape index (κ3) is 1.96. The van der Waals surface area contributed by atoms with Gasteiger partial charge in [0.05, 0.1) is 24.1 Å². The molecule has 0 aromatic carbocycles. The van der Waals surface area contributed by atoms with Crippen molar-refractivity contribution in [3.8, 4) is 0 Å². The Hall–Kier alpha value is -1.67. The van der Waals surface area contributed by atoms with E-state index in [1.54, 1.807) is 6.20 Å². The highest BCUT2D eigenvalue weighted by Crippen LogP contribution is 2.36. The van der Waals surface area contributed by atoms with Crippen LogP contribution in [0.3, 0.4) is 0 Å². The first kappa shape index (κ1) is 12.4. The van der Waals surface area contributed by atoms with Crippen LogP contribution in [0.5, 0.6) is 0 Å². The van der Waals surface area contributed by atoms with Crippen molar-refractivity contribution < 1.29 is 8.42 Å². The first-order valence-corrected chi connectivity index (χ1v) is 7.55. The summed E-state index contributed by atoms with van der Waals surface area (Å²) in [6, 6.07) is -0.164. The highest BCUT2D eigenvalue weighted by Gasteiger charge is 2.37. The van der Waals surface area contributed by atoms with Gasteiger partial charge in [0.25, 0.3) is 0 Å². The minimum absolute atomic E-state index is 0.164. The maximum absolute atomic E-state index is 12.5. The summed E-state index contributed by atoms with van der Waals surface area (Å²) in [5.74, 6) is 0. The molecule has 3 heterocycles. The number of aryl methyl sites for hydroxylation is 1. The maximum atomic E-state index is 12.5. The Morgan fingerprint density at radius 2 is 2.21 bits per heavy atom. The number of aromatic amines is 2. The van der Waals surface area contributed by atoms with Crippen molar-refractivity contribution in [3.63, 3.8) is 0 Å². The molecule has 0 amide bonds.